The average Bonchev–Trinajstić information content (AvgIpc) is 2.70. The van der Waals surface area contributed by atoms with Gasteiger partial charge in [0.05, 0.1) is 0 Å². The van der Waals surface area contributed by atoms with Crippen LogP contribution in [0.5, 0.6) is 0 Å². The maximum atomic E-state index is 12.2. The van der Waals surface area contributed by atoms with Crippen LogP contribution in [-0.4, -0.2) is 62.0 Å². The Morgan fingerprint density at radius 1 is 1.47 bits per heavy atom. The summed E-state index contributed by atoms with van der Waals surface area (Å²) in [6, 6.07) is 0.303. The third kappa shape index (κ3) is 4.64. The van der Waals surface area contributed by atoms with E-state index in [0.29, 0.717) is 24.3 Å². The maximum Gasteiger partial charge on any atom is 0.223 e. The molecule has 0 aromatic rings. The summed E-state index contributed by atoms with van der Waals surface area (Å²) in [5.74, 6) is 0.860. The molecular weight excluding hydrogens is 214 g/mol. The van der Waals surface area contributed by atoms with Crippen molar-refractivity contribution in [2.45, 2.75) is 32.7 Å². The summed E-state index contributed by atoms with van der Waals surface area (Å²) < 4.78 is 0. The Labute approximate surface area is 105 Å². The molecule has 4 heteroatoms. The molecule has 1 aliphatic rings. The molecule has 0 bridgehead atoms. The van der Waals surface area contributed by atoms with Gasteiger partial charge in [0.15, 0.2) is 0 Å². The Hall–Kier alpha value is -0.610. The van der Waals surface area contributed by atoms with Crippen molar-refractivity contribution in [2.75, 3.05) is 40.3 Å². The van der Waals surface area contributed by atoms with Crippen molar-refractivity contribution in [1.29, 1.82) is 0 Å². The zero-order chi connectivity index (χ0) is 12.8. The van der Waals surface area contributed by atoms with Gasteiger partial charge in [-0.2, -0.15) is 0 Å². The van der Waals surface area contributed by atoms with E-state index in [-0.39, 0.29) is 0 Å². The van der Waals surface area contributed by atoms with Gasteiger partial charge in [-0.1, -0.05) is 0 Å². The van der Waals surface area contributed by atoms with Gasteiger partial charge in [0.1, 0.15) is 0 Å². The number of nitrogens with zero attached hydrogens (tertiary/aromatic N) is 2. The lowest BCUT2D eigenvalue weighted by molar-refractivity contribution is -0.134. The van der Waals surface area contributed by atoms with E-state index in [1.165, 1.54) is 0 Å². The molecule has 1 rings (SSSR count). The Kier molecular flexibility index (Phi) is 5.92. The zero-order valence-electron chi connectivity index (χ0n) is 11.7. The minimum atomic E-state index is 0.303. The lowest BCUT2D eigenvalue weighted by Crippen LogP contribution is -2.44. The van der Waals surface area contributed by atoms with Crippen molar-refractivity contribution in [2.24, 2.45) is 5.92 Å². The van der Waals surface area contributed by atoms with Crippen LogP contribution in [0.15, 0.2) is 0 Å². The van der Waals surface area contributed by atoms with E-state index < -0.39 is 0 Å². The number of hydrogen-bond donors (Lipinski definition) is 1. The normalized spacial score (nSPS) is 21.8. The van der Waals surface area contributed by atoms with E-state index in [2.05, 4.69) is 38.2 Å². The van der Waals surface area contributed by atoms with Gasteiger partial charge in [-0.05, 0) is 53.4 Å². The fourth-order valence-corrected chi connectivity index (χ4v) is 2.61. The predicted octanol–water partition coefficient (Wildman–Crippen LogP) is 0.785. The molecule has 1 aliphatic heterocycles. The molecule has 17 heavy (non-hydrogen) atoms. The van der Waals surface area contributed by atoms with Crippen molar-refractivity contribution in [1.82, 2.24) is 15.1 Å². The summed E-state index contributed by atoms with van der Waals surface area (Å²) in [6.45, 7) is 8.02. The first-order valence-electron chi connectivity index (χ1n) is 6.69. The molecule has 1 saturated heterocycles. The molecule has 100 valence electrons. The van der Waals surface area contributed by atoms with Gasteiger partial charge in [-0.3, -0.25) is 4.79 Å². The third-order valence-corrected chi connectivity index (χ3v) is 3.45. The van der Waals surface area contributed by atoms with Gasteiger partial charge in [0.25, 0.3) is 0 Å². The quantitative estimate of drug-likeness (QED) is 0.746. The van der Waals surface area contributed by atoms with Gasteiger partial charge in [-0.25, -0.2) is 0 Å². The Morgan fingerprint density at radius 3 is 2.65 bits per heavy atom. The first kappa shape index (κ1) is 14.5. The molecule has 0 saturated carbocycles. The minimum Gasteiger partial charge on any atom is -0.339 e. The highest BCUT2D eigenvalue weighted by molar-refractivity contribution is 5.76. The monoisotopic (exact) mass is 241 g/mol. The fraction of sp³-hybridized carbons (Fsp3) is 0.923. The number of nitrogens with one attached hydrogen (secondary N) is 1. The Bertz CT molecular complexity index is 237. The number of likely N-dealkylation sites (N-methyl/N-ethyl adjacent to an activating group) is 2. The average molecular weight is 241 g/mol. The van der Waals surface area contributed by atoms with Crippen LogP contribution in [0.25, 0.3) is 0 Å². The van der Waals surface area contributed by atoms with Gasteiger partial charge in [0, 0.05) is 25.6 Å². The van der Waals surface area contributed by atoms with Gasteiger partial charge in [0.2, 0.25) is 5.91 Å². The fourth-order valence-electron chi connectivity index (χ4n) is 2.61. The van der Waals surface area contributed by atoms with Crippen molar-refractivity contribution in [3.63, 3.8) is 0 Å². The molecule has 1 fully saturated rings. The second-order valence-corrected chi connectivity index (χ2v) is 5.35. The second kappa shape index (κ2) is 6.97. The number of carbonyl (C=O) groups excluding carboxylic acids is 1. The summed E-state index contributed by atoms with van der Waals surface area (Å²) in [4.78, 5) is 16.4. The number of rotatable bonds is 6. The molecule has 1 N–H and O–H groups in total. The van der Waals surface area contributed by atoms with Crippen LogP contribution < -0.4 is 5.32 Å². The highest BCUT2D eigenvalue weighted by Gasteiger charge is 2.24. The van der Waals surface area contributed by atoms with Crippen LogP contribution in [-0.2, 0) is 4.79 Å². The molecule has 0 spiro atoms. The maximum absolute atomic E-state index is 12.2. The van der Waals surface area contributed by atoms with E-state index in [1.807, 2.05) is 4.90 Å². The largest absolute Gasteiger partial charge is 0.339 e. The molecule has 4 nitrogen and oxygen atoms in total. The van der Waals surface area contributed by atoms with Crippen LogP contribution >= 0.6 is 0 Å². The van der Waals surface area contributed by atoms with Crippen LogP contribution in [0, 0.1) is 5.92 Å². The Balaban J connectivity index is 2.44. The first-order chi connectivity index (χ1) is 8.04. The smallest absolute Gasteiger partial charge is 0.223 e. The van der Waals surface area contributed by atoms with Gasteiger partial charge in [-0.15, -0.1) is 0 Å². The molecular formula is C13H27N3O. The molecule has 1 amide bonds. The molecule has 1 heterocycles. The van der Waals surface area contributed by atoms with Crippen LogP contribution in [0.4, 0.5) is 0 Å². The van der Waals surface area contributed by atoms with E-state index in [0.717, 1.165) is 32.6 Å². The molecule has 0 radical (unpaired) electrons. The predicted molar refractivity (Wildman–Crippen MR) is 71.0 cm³/mol. The summed E-state index contributed by atoms with van der Waals surface area (Å²) in [5, 5.41) is 3.32. The summed E-state index contributed by atoms with van der Waals surface area (Å²) in [5.41, 5.74) is 0. The first-order valence-corrected chi connectivity index (χ1v) is 6.69. The summed E-state index contributed by atoms with van der Waals surface area (Å²) >= 11 is 0. The molecule has 0 aromatic heterocycles. The third-order valence-electron chi connectivity index (χ3n) is 3.45. The summed E-state index contributed by atoms with van der Waals surface area (Å²) in [6.07, 6.45) is 1.85. The van der Waals surface area contributed by atoms with E-state index in [9.17, 15) is 4.79 Å². The lowest BCUT2D eigenvalue weighted by Gasteiger charge is -2.31. The summed E-state index contributed by atoms with van der Waals surface area (Å²) in [7, 11) is 4.10. The van der Waals surface area contributed by atoms with Crippen molar-refractivity contribution in [3.05, 3.63) is 0 Å². The highest BCUT2D eigenvalue weighted by atomic mass is 16.2. The molecule has 0 aliphatic carbocycles. The molecule has 2 atom stereocenters. The van der Waals surface area contributed by atoms with Crippen molar-refractivity contribution >= 4 is 5.91 Å². The van der Waals surface area contributed by atoms with Gasteiger partial charge >= 0.3 is 0 Å². The highest BCUT2D eigenvalue weighted by Crippen LogP contribution is 2.15. The topological polar surface area (TPSA) is 35.6 Å². The number of carbonyl (C=O) groups is 1. The van der Waals surface area contributed by atoms with Gasteiger partial charge < -0.3 is 15.1 Å². The second-order valence-electron chi connectivity index (χ2n) is 5.35. The van der Waals surface area contributed by atoms with Crippen molar-refractivity contribution < 1.29 is 4.79 Å². The number of hydrogen-bond acceptors (Lipinski definition) is 3. The lowest BCUT2D eigenvalue weighted by atomic mass is 10.0. The Morgan fingerprint density at radius 2 is 2.18 bits per heavy atom. The van der Waals surface area contributed by atoms with E-state index >= 15 is 0 Å². The molecule has 2 unspecified atom stereocenters. The van der Waals surface area contributed by atoms with Crippen molar-refractivity contribution in [3.8, 4) is 0 Å². The minimum absolute atomic E-state index is 0.303. The van der Waals surface area contributed by atoms with Crippen LogP contribution in [0.3, 0.4) is 0 Å². The van der Waals surface area contributed by atoms with Crippen LogP contribution in [0.2, 0.25) is 0 Å². The molecule has 0 aromatic carbocycles. The standard InChI is InChI=1S/C13H27N3O/c1-5-16(11(2)10-15(3)4)13(17)8-12-6-7-14-9-12/h11-12,14H,5-10H2,1-4H3. The van der Waals surface area contributed by atoms with Crippen LogP contribution in [0.1, 0.15) is 26.7 Å². The van der Waals surface area contributed by atoms with E-state index in [1.54, 1.807) is 0 Å². The van der Waals surface area contributed by atoms with E-state index in [4.69, 9.17) is 0 Å². The SMILES string of the molecule is CCN(C(=O)CC1CCNC1)C(C)CN(C)C. The number of amides is 1. The zero-order valence-corrected chi connectivity index (χ0v) is 11.7.